The Labute approximate surface area is 145 Å². The van der Waals surface area contributed by atoms with Crippen molar-refractivity contribution in [2.24, 2.45) is 0 Å². The maximum atomic E-state index is 12.1. The number of thioether (sulfide) groups is 1. The zero-order valence-corrected chi connectivity index (χ0v) is 15.3. The lowest BCUT2D eigenvalue weighted by Crippen LogP contribution is -2.36. The number of pyridine rings is 1. The quantitative estimate of drug-likeness (QED) is 0.832. The summed E-state index contributed by atoms with van der Waals surface area (Å²) in [6.07, 6.45) is 4.89. The molecule has 0 aliphatic carbocycles. The lowest BCUT2D eigenvalue weighted by atomic mass is 10.2. The monoisotopic (exact) mass is 350 g/mol. The summed E-state index contributed by atoms with van der Waals surface area (Å²) >= 11 is 3.38. The van der Waals surface area contributed by atoms with Gasteiger partial charge in [0.1, 0.15) is 5.01 Å². The van der Waals surface area contributed by atoms with Crippen LogP contribution in [0.2, 0.25) is 0 Å². The van der Waals surface area contributed by atoms with Crippen LogP contribution in [0.3, 0.4) is 0 Å². The third-order valence-electron chi connectivity index (χ3n) is 3.33. The molecule has 0 fully saturated rings. The highest BCUT2D eigenvalue weighted by Crippen LogP contribution is 2.14. The van der Waals surface area contributed by atoms with Crippen LogP contribution in [0.1, 0.15) is 28.9 Å². The van der Waals surface area contributed by atoms with Crippen molar-refractivity contribution in [3.8, 4) is 0 Å². The lowest BCUT2D eigenvalue weighted by Gasteiger charge is -2.17. The van der Waals surface area contributed by atoms with Crippen molar-refractivity contribution in [3.63, 3.8) is 0 Å². The molecule has 23 heavy (non-hydrogen) atoms. The van der Waals surface area contributed by atoms with Gasteiger partial charge in [-0.05, 0) is 24.3 Å². The number of thiazole rings is 1. The number of aromatic nitrogens is 2. The summed E-state index contributed by atoms with van der Waals surface area (Å²) in [4.78, 5) is 22.6. The van der Waals surface area contributed by atoms with E-state index in [1.807, 2.05) is 17.6 Å². The minimum absolute atomic E-state index is 0.120. The van der Waals surface area contributed by atoms with E-state index in [-0.39, 0.29) is 6.03 Å². The van der Waals surface area contributed by atoms with E-state index >= 15 is 0 Å². The molecule has 0 bridgehead atoms. The van der Waals surface area contributed by atoms with E-state index in [1.54, 1.807) is 35.0 Å². The molecule has 2 amide bonds. The van der Waals surface area contributed by atoms with E-state index in [9.17, 15) is 4.79 Å². The normalized spacial score (nSPS) is 10.6. The molecule has 0 saturated carbocycles. The van der Waals surface area contributed by atoms with E-state index in [1.165, 1.54) is 5.56 Å². The van der Waals surface area contributed by atoms with Crippen LogP contribution in [0.5, 0.6) is 0 Å². The molecule has 0 aliphatic rings. The maximum Gasteiger partial charge on any atom is 0.317 e. The van der Waals surface area contributed by atoms with Crippen LogP contribution in [-0.2, 0) is 25.3 Å². The summed E-state index contributed by atoms with van der Waals surface area (Å²) in [6.45, 7) is 3.04. The maximum absolute atomic E-state index is 12.1. The summed E-state index contributed by atoms with van der Waals surface area (Å²) in [5, 5.41) is 5.98. The Hall–Kier alpha value is -1.60. The number of carbonyl (C=O) groups excluding carboxylic acids is 1. The highest BCUT2D eigenvalue weighted by Gasteiger charge is 2.10. The van der Waals surface area contributed by atoms with Gasteiger partial charge in [0.25, 0.3) is 0 Å². The van der Waals surface area contributed by atoms with Gasteiger partial charge in [0.05, 0.1) is 24.5 Å². The van der Waals surface area contributed by atoms with E-state index in [0.29, 0.717) is 13.1 Å². The third-order valence-corrected chi connectivity index (χ3v) is 4.97. The number of amides is 2. The Bertz CT molecular complexity index is 627. The molecular formula is C16H22N4OS2. The lowest BCUT2D eigenvalue weighted by molar-refractivity contribution is 0.206. The van der Waals surface area contributed by atoms with Crippen LogP contribution in [0.15, 0.2) is 23.7 Å². The van der Waals surface area contributed by atoms with Gasteiger partial charge in [-0.25, -0.2) is 9.78 Å². The largest absolute Gasteiger partial charge is 0.332 e. The summed E-state index contributed by atoms with van der Waals surface area (Å²) in [7, 11) is 1.77. The van der Waals surface area contributed by atoms with Gasteiger partial charge in [0, 0.05) is 24.4 Å². The van der Waals surface area contributed by atoms with Crippen molar-refractivity contribution in [1.29, 1.82) is 0 Å². The molecule has 1 N–H and O–H groups in total. The number of hydrogen-bond acceptors (Lipinski definition) is 5. The predicted octanol–water partition coefficient (Wildman–Crippen LogP) is 3.31. The number of urea groups is 1. The molecule has 0 unspecified atom stereocenters. The summed E-state index contributed by atoms with van der Waals surface area (Å²) in [5.41, 5.74) is 2.99. The minimum atomic E-state index is -0.120. The topological polar surface area (TPSA) is 58.1 Å². The standard InChI is InChI=1S/C16H22N4OS2/c1-4-12-5-6-13(17-7-12)9-20(2)16(21)18-8-14-10-23-15(19-14)11-22-3/h5-7,10H,4,8-9,11H2,1-3H3,(H,18,21). The molecule has 5 nitrogen and oxygen atoms in total. The Morgan fingerprint density at radius 1 is 1.39 bits per heavy atom. The van der Waals surface area contributed by atoms with Crippen molar-refractivity contribution in [3.05, 3.63) is 45.7 Å². The predicted molar refractivity (Wildman–Crippen MR) is 96.7 cm³/mol. The Balaban J connectivity index is 1.81. The van der Waals surface area contributed by atoms with Gasteiger partial charge in [0.2, 0.25) is 0 Å². The van der Waals surface area contributed by atoms with Gasteiger partial charge < -0.3 is 10.2 Å². The van der Waals surface area contributed by atoms with Crippen molar-refractivity contribution in [2.45, 2.75) is 32.2 Å². The van der Waals surface area contributed by atoms with Crippen molar-refractivity contribution >= 4 is 29.1 Å². The first-order chi connectivity index (χ1) is 11.1. The van der Waals surface area contributed by atoms with Crippen molar-refractivity contribution in [1.82, 2.24) is 20.2 Å². The zero-order chi connectivity index (χ0) is 16.7. The summed E-state index contributed by atoms with van der Waals surface area (Å²) in [6, 6.07) is 3.90. The molecule has 2 aromatic heterocycles. The number of carbonyl (C=O) groups is 1. The van der Waals surface area contributed by atoms with E-state index in [0.717, 1.165) is 28.6 Å². The number of aryl methyl sites for hydroxylation is 1. The molecule has 0 aliphatic heterocycles. The molecule has 0 atom stereocenters. The van der Waals surface area contributed by atoms with Crippen molar-refractivity contribution in [2.75, 3.05) is 13.3 Å². The molecule has 0 aromatic carbocycles. The second-order valence-corrected chi connectivity index (χ2v) is 7.00. The number of rotatable bonds is 7. The van der Waals surface area contributed by atoms with E-state index < -0.39 is 0 Å². The number of nitrogens with one attached hydrogen (secondary N) is 1. The van der Waals surface area contributed by atoms with Gasteiger partial charge in [-0.1, -0.05) is 13.0 Å². The molecule has 0 radical (unpaired) electrons. The molecule has 2 heterocycles. The molecular weight excluding hydrogens is 328 g/mol. The molecule has 2 aromatic rings. The van der Waals surface area contributed by atoms with Gasteiger partial charge in [-0.15, -0.1) is 11.3 Å². The molecule has 0 saturated heterocycles. The molecule has 124 valence electrons. The van der Waals surface area contributed by atoms with Crippen LogP contribution < -0.4 is 5.32 Å². The number of hydrogen-bond donors (Lipinski definition) is 1. The zero-order valence-electron chi connectivity index (χ0n) is 13.7. The van der Waals surface area contributed by atoms with Crippen LogP contribution in [0.25, 0.3) is 0 Å². The van der Waals surface area contributed by atoms with Gasteiger partial charge in [-0.3, -0.25) is 4.98 Å². The SMILES string of the molecule is CCc1ccc(CN(C)C(=O)NCc2csc(CSC)n2)nc1. The van der Waals surface area contributed by atoms with Crippen molar-refractivity contribution < 1.29 is 4.79 Å². The van der Waals surface area contributed by atoms with E-state index in [4.69, 9.17) is 0 Å². The van der Waals surface area contributed by atoms with Gasteiger partial charge in [0.15, 0.2) is 0 Å². The van der Waals surface area contributed by atoms with Gasteiger partial charge >= 0.3 is 6.03 Å². The second kappa shape index (κ2) is 8.88. The molecule has 2 rings (SSSR count). The number of nitrogens with zero attached hydrogens (tertiary/aromatic N) is 3. The third kappa shape index (κ3) is 5.51. The molecule has 0 spiro atoms. The fraction of sp³-hybridized carbons (Fsp3) is 0.438. The minimum Gasteiger partial charge on any atom is -0.332 e. The van der Waals surface area contributed by atoms with E-state index in [2.05, 4.69) is 34.5 Å². The van der Waals surface area contributed by atoms with Crippen LogP contribution in [-0.4, -0.2) is 34.2 Å². The fourth-order valence-electron chi connectivity index (χ4n) is 1.99. The fourth-order valence-corrected chi connectivity index (χ4v) is 3.51. The Kier molecular flexibility index (Phi) is 6.85. The average Bonchev–Trinajstić information content (AvgIpc) is 3.01. The Morgan fingerprint density at radius 3 is 2.87 bits per heavy atom. The highest BCUT2D eigenvalue weighted by atomic mass is 32.2. The molecule has 7 heteroatoms. The van der Waals surface area contributed by atoms with Crippen LogP contribution in [0, 0.1) is 0 Å². The average molecular weight is 351 g/mol. The van der Waals surface area contributed by atoms with Gasteiger partial charge in [-0.2, -0.15) is 11.8 Å². The first kappa shape index (κ1) is 17.7. The first-order valence-corrected chi connectivity index (χ1v) is 9.74. The smallest absolute Gasteiger partial charge is 0.317 e. The summed E-state index contributed by atoms with van der Waals surface area (Å²) < 4.78 is 0. The van der Waals surface area contributed by atoms with Crippen LogP contribution >= 0.6 is 23.1 Å². The highest BCUT2D eigenvalue weighted by molar-refractivity contribution is 7.97. The summed E-state index contributed by atoms with van der Waals surface area (Å²) in [5.74, 6) is 0.915. The Morgan fingerprint density at radius 2 is 2.22 bits per heavy atom. The second-order valence-electron chi connectivity index (χ2n) is 5.19. The van der Waals surface area contributed by atoms with Crippen LogP contribution in [0.4, 0.5) is 4.79 Å². The first-order valence-electron chi connectivity index (χ1n) is 7.47.